The van der Waals surface area contributed by atoms with Crippen molar-refractivity contribution in [1.29, 1.82) is 0 Å². The van der Waals surface area contributed by atoms with Gasteiger partial charge in [0.2, 0.25) is 5.91 Å². The van der Waals surface area contributed by atoms with Crippen LogP contribution in [0.3, 0.4) is 0 Å². The number of carbonyl (C=O) groups excluding carboxylic acids is 1. The SMILES string of the molecule is CC(C(=O)N(C)c1ccccc1)S(C)(=O)=O. The lowest BCUT2D eigenvalue weighted by Crippen LogP contribution is -2.38. The maximum absolute atomic E-state index is 11.8. The highest BCUT2D eigenvalue weighted by atomic mass is 32.2. The normalized spacial score (nSPS) is 13.2. The van der Waals surface area contributed by atoms with Crippen LogP contribution in [0.5, 0.6) is 0 Å². The smallest absolute Gasteiger partial charge is 0.244 e. The van der Waals surface area contributed by atoms with E-state index < -0.39 is 21.0 Å². The molecule has 1 aromatic rings. The molecular formula is C11H15NO3S. The van der Waals surface area contributed by atoms with E-state index in [0.717, 1.165) is 6.26 Å². The van der Waals surface area contributed by atoms with Crippen LogP contribution in [0.25, 0.3) is 0 Å². The Morgan fingerprint density at radius 2 is 1.75 bits per heavy atom. The molecule has 0 radical (unpaired) electrons. The van der Waals surface area contributed by atoms with Gasteiger partial charge in [-0.1, -0.05) is 18.2 Å². The maximum atomic E-state index is 11.8. The lowest BCUT2D eigenvalue weighted by molar-refractivity contribution is -0.117. The number of hydrogen-bond donors (Lipinski definition) is 0. The number of carbonyl (C=O) groups is 1. The van der Waals surface area contributed by atoms with Crippen molar-refractivity contribution in [1.82, 2.24) is 0 Å². The van der Waals surface area contributed by atoms with Crippen molar-refractivity contribution in [2.75, 3.05) is 18.2 Å². The molecule has 0 heterocycles. The zero-order valence-corrected chi connectivity index (χ0v) is 10.4. The van der Waals surface area contributed by atoms with Gasteiger partial charge in [-0.25, -0.2) is 8.42 Å². The van der Waals surface area contributed by atoms with Gasteiger partial charge in [0.25, 0.3) is 0 Å². The first-order valence-corrected chi connectivity index (χ1v) is 6.81. The lowest BCUT2D eigenvalue weighted by atomic mass is 10.3. The fourth-order valence-electron chi connectivity index (χ4n) is 1.23. The van der Waals surface area contributed by atoms with Crippen LogP contribution in [0.15, 0.2) is 30.3 Å². The van der Waals surface area contributed by atoms with Crippen molar-refractivity contribution in [2.24, 2.45) is 0 Å². The quantitative estimate of drug-likeness (QED) is 0.795. The average molecular weight is 241 g/mol. The van der Waals surface area contributed by atoms with Crippen LogP contribution < -0.4 is 4.90 Å². The molecule has 0 aliphatic heterocycles. The van der Waals surface area contributed by atoms with Gasteiger partial charge in [-0.2, -0.15) is 0 Å². The minimum absolute atomic E-state index is 0.422. The minimum Gasteiger partial charge on any atom is -0.314 e. The summed E-state index contributed by atoms with van der Waals surface area (Å²) >= 11 is 0. The lowest BCUT2D eigenvalue weighted by Gasteiger charge is -2.20. The Labute approximate surface area is 95.8 Å². The number of benzene rings is 1. The molecule has 0 aromatic heterocycles. The summed E-state index contributed by atoms with van der Waals surface area (Å²) < 4.78 is 22.5. The standard InChI is InChI=1S/C11H15NO3S/c1-9(16(3,14)15)11(13)12(2)10-7-5-4-6-8-10/h4-9H,1-3H3. The third kappa shape index (κ3) is 2.82. The molecule has 1 atom stereocenters. The van der Waals surface area contributed by atoms with Gasteiger partial charge in [0, 0.05) is 19.0 Å². The molecule has 1 unspecified atom stereocenters. The van der Waals surface area contributed by atoms with E-state index in [-0.39, 0.29) is 0 Å². The summed E-state index contributed by atoms with van der Waals surface area (Å²) in [6, 6.07) is 8.94. The van der Waals surface area contributed by atoms with Crippen LogP contribution in [-0.2, 0) is 14.6 Å². The predicted octanol–water partition coefficient (Wildman–Crippen LogP) is 1.08. The van der Waals surface area contributed by atoms with E-state index in [0.29, 0.717) is 5.69 Å². The van der Waals surface area contributed by atoms with Crippen LogP contribution in [0.4, 0.5) is 5.69 Å². The number of hydrogen-bond acceptors (Lipinski definition) is 3. The molecule has 0 N–H and O–H groups in total. The fourth-order valence-corrected chi connectivity index (χ4v) is 1.76. The van der Waals surface area contributed by atoms with Gasteiger partial charge in [-0.05, 0) is 19.1 Å². The Bertz CT molecular complexity index is 467. The van der Waals surface area contributed by atoms with Crippen molar-refractivity contribution >= 4 is 21.4 Å². The summed E-state index contributed by atoms with van der Waals surface area (Å²) in [5.74, 6) is -0.422. The molecule has 0 saturated carbocycles. The molecular weight excluding hydrogens is 226 g/mol. The van der Waals surface area contributed by atoms with E-state index in [1.807, 2.05) is 6.07 Å². The Kier molecular flexibility index (Phi) is 3.70. The molecule has 4 nitrogen and oxygen atoms in total. The molecule has 0 saturated heterocycles. The highest BCUT2D eigenvalue weighted by molar-refractivity contribution is 7.92. The van der Waals surface area contributed by atoms with Crippen LogP contribution in [-0.4, -0.2) is 32.9 Å². The van der Waals surface area contributed by atoms with Crippen molar-refractivity contribution in [2.45, 2.75) is 12.2 Å². The Morgan fingerprint density at radius 3 is 2.19 bits per heavy atom. The number of amides is 1. The van der Waals surface area contributed by atoms with Crippen molar-refractivity contribution < 1.29 is 13.2 Å². The molecule has 16 heavy (non-hydrogen) atoms. The third-order valence-electron chi connectivity index (χ3n) is 2.46. The van der Waals surface area contributed by atoms with E-state index in [1.54, 1.807) is 31.3 Å². The Balaban J connectivity index is 2.92. The molecule has 1 rings (SSSR count). The minimum atomic E-state index is -3.35. The van der Waals surface area contributed by atoms with E-state index >= 15 is 0 Å². The van der Waals surface area contributed by atoms with Crippen molar-refractivity contribution in [3.05, 3.63) is 30.3 Å². The molecule has 0 spiro atoms. The highest BCUT2D eigenvalue weighted by Crippen LogP contribution is 2.14. The van der Waals surface area contributed by atoms with Gasteiger partial charge in [0.15, 0.2) is 9.84 Å². The van der Waals surface area contributed by atoms with Gasteiger partial charge >= 0.3 is 0 Å². The number of rotatable bonds is 3. The van der Waals surface area contributed by atoms with Gasteiger partial charge < -0.3 is 4.90 Å². The largest absolute Gasteiger partial charge is 0.314 e. The van der Waals surface area contributed by atoms with E-state index in [1.165, 1.54) is 11.8 Å². The maximum Gasteiger partial charge on any atom is 0.244 e. The monoisotopic (exact) mass is 241 g/mol. The second kappa shape index (κ2) is 4.65. The molecule has 0 fully saturated rings. The summed E-state index contributed by atoms with van der Waals surface area (Å²) in [4.78, 5) is 13.2. The second-order valence-electron chi connectivity index (χ2n) is 3.70. The van der Waals surface area contributed by atoms with Gasteiger partial charge in [-0.15, -0.1) is 0 Å². The van der Waals surface area contributed by atoms with E-state index in [4.69, 9.17) is 0 Å². The summed E-state index contributed by atoms with van der Waals surface area (Å²) in [6.07, 6.45) is 1.06. The summed E-state index contributed by atoms with van der Waals surface area (Å²) in [7, 11) is -1.78. The molecule has 0 bridgehead atoms. The fraction of sp³-hybridized carbons (Fsp3) is 0.364. The first-order valence-electron chi connectivity index (χ1n) is 4.85. The summed E-state index contributed by atoms with van der Waals surface area (Å²) in [5.41, 5.74) is 0.683. The van der Waals surface area contributed by atoms with E-state index in [2.05, 4.69) is 0 Å². The van der Waals surface area contributed by atoms with Crippen LogP contribution in [0, 0.1) is 0 Å². The van der Waals surface area contributed by atoms with Crippen LogP contribution in [0.1, 0.15) is 6.92 Å². The van der Waals surface area contributed by atoms with Crippen LogP contribution in [0.2, 0.25) is 0 Å². The topological polar surface area (TPSA) is 54.5 Å². The first kappa shape index (κ1) is 12.7. The average Bonchev–Trinajstić information content (AvgIpc) is 2.26. The number of para-hydroxylation sites is 1. The summed E-state index contributed by atoms with van der Waals surface area (Å²) in [6.45, 7) is 1.40. The zero-order valence-electron chi connectivity index (χ0n) is 9.54. The van der Waals surface area contributed by atoms with Crippen molar-refractivity contribution in [3.8, 4) is 0 Å². The third-order valence-corrected chi connectivity index (χ3v) is 3.95. The Morgan fingerprint density at radius 1 is 1.25 bits per heavy atom. The molecule has 0 aliphatic rings. The molecule has 1 aromatic carbocycles. The molecule has 0 aliphatic carbocycles. The number of nitrogens with zero attached hydrogens (tertiary/aromatic N) is 1. The van der Waals surface area contributed by atoms with Crippen LogP contribution >= 0.6 is 0 Å². The van der Waals surface area contributed by atoms with Crippen molar-refractivity contribution in [3.63, 3.8) is 0 Å². The van der Waals surface area contributed by atoms with E-state index in [9.17, 15) is 13.2 Å². The summed E-state index contributed by atoms with van der Waals surface area (Å²) in [5, 5.41) is -1.02. The second-order valence-corrected chi connectivity index (χ2v) is 6.07. The predicted molar refractivity (Wildman–Crippen MR) is 64.2 cm³/mol. The first-order chi connectivity index (χ1) is 7.34. The molecule has 5 heteroatoms. The number of sulfone groups is 1. The molecule has 88 valence electrons. The molecule has 1 amide bonds. The zero-order chi connectivity index (χ0) is 12.3. The van der Waals surface area contributed by atoms with Gasteiger partial charge in [0.05, 0.1) is 0 Å². The van der Waals surface area contributed by atoms with Gasteiger partial charge in [-0.3, -0.25) is 4.79 Å². The Hall–Kier alpha value is -1.36. The van der Waals surface area contributed by atoms with Gasteiger partial charge in [0.1, 0.15) is 5.25 Å². The highest BCUT2D eigenvalue weighted by Gasteiger charge is 2.26. The number of anilines is 1.